The zero-order valence-electron chi connectivity index (χ0n) is 67.7. The molecule has 36 heteroatoms. The van der Waals surface area contributed by atoms with Gasteiger partial charge in [-0.1, -0.05) is 18.2 Å². The monoisotopic (exact) mass is 1600 g/mol. The molecule has 0 aromatic carbocycles. The van der Waals surface area contributed by atoms with Gasteiger partial charge in [-0.25, -0.2) is 73.6 Å². The van der Waals surface area contributed by atoms with Crippen LogP contribution in [0.4, 0.5) is 66.7 Å². The standard InChI is InChI=1S/2C27H37N7O5.C26H35N7O5/c1-15-23(29-14-22(26(36)37)33-27(38)39-17(3)16(2)35)30-18(4)31-25(15)34-12-9-19(10-13-34)21-8-7-20-6-5-11-28-24(20)32-21;1-16(35)10-14-39-27(38)33-22(26(36)37)15-29-23-17(2)25(31-18(3)30-23)34-12-8-19(9-13-34)21-7-6-20-5-4-11-28-24(20)32-21;1-15(34)14-38-26(37)32-21(25(35)36)13-28-22-16(2)24(30-17(3)29-22)33-11-8-18(9-12-33)20-7-6-19-5-4-10-27-23(19)31-20/h7-8,17,19,22H,5-6,9-14H2,1-4H3,(H,28,32)(H,33,38)(H,36,37)(H,29,30,31);6-7,19,22H,4-5,8-15H2,1-3H3,(H,28,32)(H,33,38)(H,36,37)(H,29,30,31);6-7,18,21H,4-5,8-14H2,1-3H3,(H,27,31)(H,32,37)(H,35,36)(H,28,29,30). The zero-order chi connectivity index (χ0) is 83.3. The molecule has 0 radical (unpaired) electrons. The first-order valence-electron chi connectivity index (χ1n) is 39.8. The van der Waals surface area contributed by atoms with Crippen molar-refractivity contribution in [3.8, 4) is 0 Å². The number of aryl methyl sites for hydroxylation is 6. The van der Waals surface area contributed by atoms with Crippen molar-refractivity contribution in [3.05, 3.63) is 104 Å². The van der Waals surface area contributed by atoms with E-state index in [4.69, 9.17) is 29.2 Å². The number of hydrogen-bond donors (Lipinski definition) is 12. The number of aromatic nitrogens is 9. The second kappa shape index (κ2) is 40.9. The van der Waals surface area contributed by atoms with Gasteiger partial charge in [0.25, 0.3) is 0 Å². The highest BCUT2D eigenvalue weighted by Gasteiger charge is 2.33. The molecule has 0 saturated carbocycles. The Hall–Kier alpha value is -11.9. The molecule has 6 aliphatic heterocycles. The minimum atomic E-state index is -1.29. The molecule has 624 valence electrons. The number of fused-ring (bicyclic) bond motifs is 3. The third kappa shape index (κ3) is 24.1. The number of anilines is 9. The molecule has 12 N–H and O–H groups in total. The van der Waals surface area contributed by atoms with Crippen molar-refractivity contribution in [2.45, 2.75) is 195 Å². The number of piperidine rings is 3. The third-order valence-electron chi connectivity index (χ3n) is 21.2. The van der Waals surface area contributed by atoms with E-state index in [9.17, 15) is 58.5 Å². The molecule has 12 heterocycles. The highest BCUT2D eigenvalue weighted by Crippen LogP contribution is 2.38. The van der Waals surface area contributed by atoms with Gasteiger partial charge in [0.05, 0.1) is 0 Å². The van der Waals surface area contributed by atoms with Gasteiger partial charge in [-0.05, 0) is 181 Å². The molecule has 0 bridgehead atoms. The number of pyridine rings is 3. The van der Waals surface area contributed by atoms with E-state index in [0.717, 1.165) is 205 Å². The third-order valence-corrected chi connectivity index (χ3v) is 21.2. The van der Waals surface area contributed by atoms with Gasteiger partial charge in [0.2, 0.25) is 0 Å². The van der Waals surface area contributed by atoms with Crippen LogP contribution in [0.1, 0.15) is 178 Å². The highest BCUT2D eigenvalue weighted by molar-refractivity contribution is 5.86. The predicted octanol–water partition coefficient (Wildman–Crippen LogP) is 8.01. The van der Waals surface area contributed by atoms with Crippen molar-refractivity contribution < 1.29 is 72.7 Å². The lowest BCUT2D eigenvalue weighted by Gasteiger charge is -2.34. The Morgan fingerprint density at radius 2 is 0.759 bits per heavy atom. The number of carbonyl (C=O) groups excluding carboxylic acids is 6. The van der Waals surface area contributed by atoms with Crippen molar-refractivity contribution in [2.24, 2.45) is 0 Å². The summed E-state index contributed by atoms with van der Waals surface area (Å²) in [7, 11) is 0. The first kappa shape index (κ1) is 86.5. The van der Waals surface area contributed by atoms with Gasteiger partial charge in [-0.2, -0.15) is 0 Å². The molecule has 3 saturated heterocycles. The molecule has 6 aromatic heterocycles. The fraction of sp³-hybridized carbons (Fsp3) is 0.550. The van der Waals surface area contributed by atoms with Gasteiger partial charge in [0, 0.05) is 136 Å². The van der Waals surface area contributed by atoms with Gasteiger partial charge in [0.1, 0.15) is 100 Å². The number of ether oxygens (including phenoxy) is 3. The van der Waals surface area contributed by atoms with Crippen LogP contribution in [0, 0.1) is 41.5 Å². The van der Waals surface area contributed by atoms with Crippen LogP contribution in [-0.4, -0.2) is 230 Å². The molecule has 4 atom stereocenters. The molecule has 3 amide bonds. The Kier molecular flexibility index (Phi) is 30.5. The molecule has 6 aromatic rings. The van der Waals surface area contributed by atoms with Gasteiger partial charge >= 0.3 is 36.2 Å². The van der Waals surface area contributed by atoms with E-state index in [-0.39, 0.29) is 50.0 Å². The van der Waals surface area contributed by atoms with Crippen LogP contribution in [0.3, 0.4) is 0 Å². The summed E-state index contributed by atoms with van der Waals surface area (Å²) in [5, 5.41) is 54.9. The van der Waals surface area contributed by atoms with E-state index in [1.54, 1.807) is 20.8 Å². The highest BCUT2D eigenvalue weighted by atomic mass is 16.6. The van der Waals surface area contributed by atoms with E-state index in [2.05, 4.69) is 129 Å². The summed E-state index contributed by atoms with van der Waals surface area (Å²) in [6.45, 7) is 23.4. The van der Waals surface area contributed by atoms with Gasteiger partial charge in [0.15, 0.2) is 24.3 Å². The maximum atomic E-state index is 12.0. The second-order valence-corrected chi connectivity index (χ2v) is 30.1. The molecule has 6 aliphatic rings. The first-order chi connectivity index (χ1) is 55.5. The van der Waals surface area contributed by atoms with Crippen LogP contribution in [0.2, 0.25) is 0 Å². The lowest BCUT2D eigenvalue weighted by atomic mass is 9.92. The number of carboxylic acids is 3. The Bertz CT molecular complexity index is 4530. The number of nitrogens with zero attached hydrogens (tertiary/aromatic N) is 12. The second-order valence-electron chi connectivity index (χ2n) is 30.1. The van der Waals surface area contributed by atoms with Crippen LogP contribution in [0.5, 0.6) is 0 Å². The van der Waals surface area contributed by atoms with Crippen LogP contribution in [0.15, 0.2) is 36.4 Å². The summed E-state index contributed by atoms with van der Waals surface area (Å²) in [5.41, 5.74) is 9.67. The van der Waals surface area contributed by atoms with Gasteiger partial charge in [-0.15, -0.1) is 0 Å². The number of aliphatic carboxylic acids is 3. The Balaban J connectivity index is 0.000000184. The average Bonchev–Trinajstić information content (AvgIpc) is 0.807. The van der Waals surface area contributed by atoms with Crippen LogP contribution >= 0.6 is 0 Å². The normalized spacial score (nSPS) is 16.3. The van der Waals surface area contributed by atoms with Crippen molar-refractivity contribution in [1.82, 2.24) is 60.8 Å². The van der Waals surface area contributed by atoms with E-state index < -0.39 is 67.0 Å². The fourth-order valence-corrected chi connectivity index (χ4v) is 14.6. The minimum absolute atomic E-state index is 0.0733. The summed E-state index contributed by atoms with van der Waals surface area (Å²) < 4.78 is 14.5. The van der Waals surface area contributed by atoms with Gasteiger partial charge < -0.3 is 92.1 Å². The molecule has 36 nitrogen and oxygen atoms in total. The smallest absolute Gasteiger partial charge is 0.408 e. The Morgan fingerprint density at radius 1 is 0.440 bits per heavy atom. The largest absolute Gasteiger partial charge is 0.480 e. The number of hydrogen-bond acceptors (Lipinski definition) is 30. The SMILES string of the molecule is CC(=O)C(C)OC(=O)NC(CNc1nc(C)nc(N2CCC(c3ccc4c(n3)NCCC4)CC2)c1C)C(=O)O.CC(=O)CCOC(=O)NC(CNc1nc(C)nc(N2CCC(c3ccc4c(n3)NCCC4)CC2)c1C)C(=O)O.CC(=O)COC(=O)NC(CNc1nc(C)nc(N2CCC(c3ccc4c(n3)NCCC4)CC2)c1C)C(=O)O. The van der Waals surface area contributed by atoms with E-state index >= 15 is 0 Å². The number of rotatable bonds is 28. The lowest BCUT2D eigenvalue weighted by Crippen LogP contribution is -2.46. The first-order valence-corrected chi connectivity index (χ1v) is 39.8. The van der Waals surface area contributed by atoms with Crippen molar-refractivity contribution in [2.75, 3.05) is 138 Å². The minimum Gasteiger partial charge on any atom is -0.480 e. The molecule has 3 fully saturated rings. The predicted molar refractivity (Wildman–Crippen MR) is 435 cm³/mol. The number of ketones is 3. The fourth-order valence-electron chi connectivity index (χ4n) is 14.6. The van der Waals surface area contributed by atoms with E-state index in [1.807, 2.05) is 20.8 Å². The number of nitrogens with one attached hydrogen (secondary N) is 9. The molecule has 116 heavy (non-hydrogen) atoms. The quantitative estimate of drug-likeness (QED) is 0.0207. The number of carboxylic acid groups (broad SMARTS) is 3. The van der Waals surface area contributed by atoms with Crippen LogP contribution < -0.4 is 62.6 Å². The summed E-state index contributed by atoms with van der Waals surface area (Å²) in [6, 6.07) is 9.29. The molecule has 0 spiro atoms. The van der Waals surface area contributed by atoms with Crippen LogP contribution in [0.25, 0.3) is 0 Å². The van der Waals surface area contributed by atoms with Gasteiger partial charge in [-0.3, -0.25) is 14.4 Å². The van der Waals surface area contributed by atoms with E-state index in [0.29, 0.717) is 52.7 Å². The molecule has 4 unspecified atom stereocenters. The summed E-state index contributed by atoms with van der Waals surface area (Å²) >= 11 is 0. The van der Waals surface area contributed by atoms with Crippen molar-refractivity contribution >= 4 is 106 Å². The number of carbonyl (C=O) groups is 9. The maximum Gasteiger partial charge on any atom is 0.408 e. The summed E-state index contributed by atoms with van der Waals surface area (Å²) in [4.78, 5) is 153. The summed E-state index contributed by atoms with van der Waals surface area (Å²) in [5.74, 6) is 5.31. The molecule has 12 rings (SSSR count). The number of amides is 3. The van der Waals surface area contributed by atoms with Crippen LogP contribution in [-0.2, 0) is 62.2 Å². The van der Waals surface area contributed by atoms with Crippen molar-refractivity contribution in [3.63, 3.8) is 0 Å². The molecular weight excluding hydrogens is 1500 g/mol. The number of Topliss-reactive ketones (excluding diaryl/α,β-unsaturated/α-hetero) is 3. The zero-order valence-corrected chi connectivity index (χ0v) is 67.7. The maximum absolute atomic E-state index is 12.0. The lowest BCUT2D eigenvalue weighted by molar-refractivity contribution is -0.140. The van der Waals surface area contributed by atoms with E-state index in [1.165, 1.54) is 44.4 Å². The van der Waals surface area contributed by atoms with Crippen molar-refractivity contribution in [1.29, 1.82) is 0 Å². The molecule has 0 aliphatic carbocycles. The average molecular weight is 1600 g/mol. The Morgan fingerprint density at radius 3 is 1.06 bits per heavy atom. The topological polar surface area (TPSA) is 476 Å². The Labute approximate surface area is 673 Å². The summed E-state index contributed by atoms with van der Waals surface area (Å²) in [6.07, 6.45) is 8.60. The number of alkyl carbamates (subject to hydrolysis) is 3. The molecular formula is C80H109N21O15.